The van der Waals surface area contributed by atoms with Gasteiger partial charge in [-0.05, 0) is 25.3 Å². The summed E-state index contributed by atoms with van der Waals surface area (Å²) in [5.74, 6) is -2.85. The van der Waals surface area contributed by atoms with Crippen LogP contribution in [-0.4, -0.2) is 19.3 Å². The first-order valence-electron chi connectivity index (χ1n) is 5.54. The molecule has 0 saturated carbocycles. The molecule has 0 spiro atoms. The normalized spacial score (nSPS) is 10.4. The molecule has 0 amide bonds. The number of benzene rings is 1. The van der Waals surface area contributed by atoms with Gasteiger partial charge in [0, 0.05) is 6.07 Å². The number of unbranched alkanes of at least 4 members (excludes halogenated alkanes) is 2. The molecule has 0 aliphatic rings. The van der Waals surface area contributed by atoms with Gasteiger partial charge in [0.25, 0.3) is 0 Å². The molecule has 100 valence electrons. The van der Waals surface area contributed by atoms with Gasteiger partial charge in [-0.25, -0.2) is 13.6 Å². The molecule has 6 heteroatoms. The minimum absolute atomic E-state index is 0.0650. The van der Waals surface area contributed by atoms with Crippen LogP contribution in [0.5, 0.6) is 0 Å². The molecule has 18 heavy (non-hydrogen) atoms. The number of alkyl halides is 1. The minimum Gasteiger partial charge on any atom is -0.462 e. The van der Waals surface area contributed by atoms with Crippen LogP contribution in [0.25, 0.3) is 0 Å². The van der Waals surface area contributed by atoms with E-state index in [1.807, 2.05) is 0 Å². The lowest BCUT2D eigenvalue weighted by atomic mass is 10.2. The predicted molar refractivity (Wildman–Crippen MR) is 60.9 cm³/mol. The van der Waals surface area contributed by atoms with Crippen LogP contribution in [0.1, 0.15) is 29.6 Å². The highest BCUT2D eigenvalue weighted by molar-refractivity contribution is 5.90. The first kappa shape index (κ1) is 14.3. The van der Waals surface area contributed by atoms with Crippen LogP contribution in [0, 0.1) is 11.6 Å². The molecule has 0 aliphatic carbocycles. The van der Waals surface area contributed by atoms with Gasteiger partial charge in [-0.2, -0.15) is 0 Å². The Labute approximate surface area is 103 Å². The average molecular weight is 261 g/mol. The number of anilines is 1. The number of ether oxygens (including phenoxy) is 1. The smallest absolute Gasteiger partial charge is 0.341 e. The van der Waals surface area contributed by atoms with Crippen molar-refractivity contribution in [3.63, 3.8) is 0 Å². The molecule has 1 aromatic rings. The molecule has 0 heterocycles. The largest absolute Gasteiger partial charge is 0.462 e. The van der Waals surface area contributed by atoms with Gasteiger partial charge in [0.15, 0.2) is 0 Å². The molecule has 0 bridgehead atoms. The highest BCUT2D eigenvalue weighted by atomic mass is 19.1. The highest BCUT2D eigenvalue weighted by Crippen LogP contribution is 2.17. The van der Waals surface area contributed by atoms with Gasteiger partial charge in [0.2, 0.25) is 0 Å². The van der Waals surface area contributed by atoms with E-state index in [0.29, 0.717) is 25.3 Å². The third-order valence-corrected chi connectivity index (χ3v) is 2.32. The number of carbonyl (C=O) groups is 1. The number of nitrogens with two attached hydrogens (primary N) is 1. The Bertz CT molecular complexity index is 424. The van der Waals surface area contributed by atoms with Gasteiger partial charge < -0.3 is 10.5 Å². The third-order valence-electron chi connectivity index (χ3n) is 2.32. The van der Waals surface area contributed by atoms with E-state index in [-0.39, 0.29) is 12.3 Å². The summed E-state index contributed by atoms with van der Waals surface area (Å²) in [6.45, 7) is -0.355. The Morgan fingerprint density at radius 1 is 1.17 bits per heavy atom. The number of halogens is 3. The van der Waals surface area contributed by atoms with Crippen molar-refractivity contribution < 1.29 is 22.7 Å². The molecular weight excluding hydrogens is 247 g/mol. The van der Waals surface area contributed by atoms with E-state index in [2.05, 4.69) is 0 Å². The average Bonchev–Trinajstić information content (AvgIpc) is 2.33. The number of rotatable bonds is 6. The number of carbonyl (C=O) groups excluding carboxylic acids is 1. The highest BCUT2D eigenvalue weighted by Gasteiger charge is 2.16. The van der Waals surface area contributed by atoms with Crippen LogP contribution in [0.2, 0.25) is 0 Å². The van der Waals surface area contributed by atoms with Crippen LogP contribution < -0.4 is 5.73 Å². The molecule has 0 radical (unpaired) electrons. The van der Waals surface area contributed by atoms with Crippen LogP contribution in [0.3, 0.4) is 0 Å². The second-order valence-electron chi connectivity index (χ2n) is 3.74. The molecule has 0 fully saturated rings. The Hall–Kier alpha value is -1.72. The van der Waals surface area contributed by atoms with E-state index < -0.39 is 29.8 Å². The first-order valence-corrected chi connectivity index (χ1v) is 5.54. The van der Waals surface area contributed by atoms with Gasteiger partial charge in [0.05, 0.1) is 24.5 Å². The van der Waals surface area contributed by atoms with Gasteiger partial charge in [-0.15, -0.1) is 0 Å². The van der Waals surface area contributed by atoms with E-state index in [1.54, 1.807) is 0 Å². The zero-order valence-corrected chi connectivity index (χ0v) is 9.72. The summed E-state index contributed by atoms with van der Waals surface area (Å²) < 4.78 is 42.7. The van der Waals surface area contributed by atoms with E-state index in [4.69, 9.17) is 10.5 Å². The summed E-state index contributed by atoms with van der Waals surface area (Å²) in [6, 6.07) is 1.43. The molecular formula is C12H14F3NO2. The number of hydrogen-bond acceptors (Lipinski definition) is 3. The standard InChI is InChI=1S/C12H14F3NO2/c13-4-2-1-3-5-18-12(17)8-6-11(16)10(15)7-9(8)14/h6-7H,1-5,16H2. The molecule has 1 aromatic carbocycles. The van der Waals surface area contributed by atoms with Crippen molar-refractivity contribution in [2.45, 2.75) is 19.3 Å². The summed E-state index contributed by atoms with van der Waals surface area (Å²) in [4.78, 5) is 11.4. The molecule has 2 N–H and O–H groups in total. The maximum Gasteiger partial charge on any atom is 0.341 e. The zero-order valence-electron chi connectivity index (χ0n) is 9.72. The van der Waals surface area contributed by atoms with E-state index in [0.717, 1.165) is 6.07 Å². The van der Waals surface area contributed by atoms with Crippen molar-refractivity contribution in [3.05, 3.63) is 29.3 Å². The van der Waals surface area contributed by atoms with Crippen molar-refractivity contribution in [3.8, 4) is 0 Å². The first-order chi connectivity index (χ1) is 8.56. The summed E-state index contributed by atoms with van der Waals surface area (Å²) in [5, 5.41) is 0. The number of nitrogen functional groups attached to an aromatic ring is 1. The fourth-order valence-electron chi connectivity index (χ4n) is 1.34. The van der Waals surface area contributed by atoms with Gasteiger partial charge in [-0.3, -0.25) is 4.39 Å². The van der Waals surface area contributed by atoms with Gasteiger partial charge >= 0.3 is 5.97 Å². The SMILES string of the molecule is Nc1cc(C(=O)OCCCCCF)c(F)cc1F. The molecule has 1 rings (SSSR count). The fourth-order valence-corrected chi connectivity index (χ4v) is 1.34. The second kappa shape index (κ2) is 6.88. The van der Waals surface area contributed by atoms with E-state index in [1.165, 1.54) is 0 Å². The summed E-state index contributed by atoms with van der Waals surface area (Å²) in [7, 11) is 0. The van der Waals surface area contributed by atoms with Gasteiger partial charge in [0.1, 0.15) is 11.6 Å². The Morgan fingerprint density at radius 3 is 2.56 bits per heavy atom. The summed E-state index contributed by atoms with van der Waals surface area (Å²) in [6.07, 6.45) is 1.47. The predicted octanol–water partition coefficient (Wildman–Crippen LogP) is 2.84. The minimum atomic E-state index is -1.02. The Morgan fingerprint density at radius 2 is 1.89 bits per heavy atom. The summed E-state index contributed by atoms with van der Waals surface area (Å²) in [5.41, 5.74) is 4.51. The topological polar surface area (TPSA) is 52.3 Å². The maximum atomic E-state index is 13.3. The molecule has 0 atom stereocenters. The second-order valence-corrected chi connectivity index (χ2v) is 3.74. The third kappa shape index (κ3) is 3.94. The van der Waals surface area contributed by atoms with Crippen LogP contribution in [-0.2, 0) is 4.74 Å². The van der Waals surface area contributed by atoms with Crippen LogP contribution in [0.15, 0.2) is 12.1 Å². The molecule has 0 aromatic heterocycles. The van der Waals surface area contributed by atoms with Crippen molar-refractivity contribution >= 4 is 11.7 Å². The lowest BCUT2D eigenvalue weighted by Crippen LogP contribution is -2.10. The van der Waals surface area contributed by atoms with Crippen molar-refractivity contribution in [1.29, 1.82) is 0 Å². The number of esters is 1. The van der Waals surface area contributed by atoms with Crippen molar-refractivity contribution in [2.75, 3.05) is 19.0 Å². The Kier molecular flexibility index (Phi) is 5.48. The lowest BCUT2D eigenvalue weighted by molar-refractivity contribution is 0.0492. The molecule has 0 unspecified atom stereocenters. The van der Waals surface area contributed by atoms with Crippen LogP contribution in [0.4, 0.5) is 18.9 Å². The molecule has 0 aliphatic heterocycles. The monoisotopic (exact) mass is 261 g/mol. The number of hydrogen-bond donors (Lipinski definition) is 1. The Balaban J connectivity index is 2.54. The quantitative estimate of drug-likeness (QED) is 0.486. The lowest BCUT2D eigenvalue weighted by Gasteiger charge is -2.06. The van der Waals surface area contributed by atoms with Gasteiger partial charge in [-0.1, -0.05) is 0 Å². The van der Waals surface area contributed by atoms with E-state index >= 15 is 0 Å². The fraction of sp³-hybridized carbons (Fsp3) is 0.417. The van der Waals surface area contributed by atoms with E-state index in [9.17, 15) is 18.0 Å². The maximum absolute atomic E-state index is 13.3. The van der Waals surface area contributed by atoms with Crippen molar-refractivity contribution in [2.24, 2.45) is 0 Å². The summed E-state index contributed by atoms with van der Waals surface area (Å²) >= 11 is 0. The molecule has 3 nitrogen and oxygen atoms in total. The van der Waals surface area contributed by atoms with Crippen molar-refractivity contribution in [1.82, 2.24) is 0 Å². The molecule has 0 saturated heterocycles. The zero-order chi connectivity index (χ0) is 13.5. The van der Waals surface area contributed by atoms with Crippen LogP contribution >= 0.6 is 0 Å².